The third kappa shape index (κ3) is 3.10. The molecule has 0 saturated carbocycles. The molecule has 5 heteroatoms. The predicted octanol–water partition coefficient (Wildman–Crippen LogP) is 1.11. The van der Waals surface area contributed by atoms with Gasteiger partial charge >= 0.3 is 5.96 Å². The summed E-state index contributed by atoms with van der Waals surface area (Å²) in [5, 5.41) is 0. The first-order valence-electron chi connectivity index (χ1n) is 5.81. The van der Waals surface area contributed by atoms with Gasteiger partial charge < -0.3 is 11.5 Å². The Morgan fingerprint density at radius 1 is 0.737 bits per heavy atom. The lowest BCUT2D eigenvalue weighted by molar-refractivity contribution is 1.05. The van der Waals surface area contributed by atoms with Gasteiger partial charge in [-0.25, -0.2) is 0 Å². The van der Waals surface area contributed by atoms with Gasteiger partial charge in [0.15, 0.2) is 0 Å². The highest BCUT2D eigenvalue weighted by molar-refractivity contribution is 5.95. The standard InChI is InChI=1S/C14H15N5/c15-13(16)18-14(17)19(11-7-3-1-4-8-11)12-9-5-2-6-10-12/h1-10H,(H5,15,16,17,18)/p+1. The van der Waals surface area contributed by atoms with E-state index in [1.54, 1.807) is 4.58 Å². The minimum Gasteiger partial charge on any atom is -0.356 e. The fraction of sp³-hybridized carbons (Fsp3) is 0. The van der Waals surface area contributed by atoms with Gasteiger partial charge in [-0.15, -0.1) is 0 Å². The van der Waals surface area contributed by atoms with Gasteiger partial charge in [0.1, 0.15) is 11.4 Å². The van der Waals surface area contributed by atoms with Gasteiger partial charge in [0, 0.05) is 0 Å². The summed E-state index contributed by atoms with van der Waals surface area (Å²) >= 11 is 0. The van der Waals surface area contributed by atoms with Gasteiger partial charge in [-0.05, 0) is 29.3 Å². The molecule has 0 bridgehead atoms. The second kappa shape index (κ2) is 5.68. The van der Waals surface area contributed by atoms with Gasteiger partial charge in [0.2, 0.25) is 0 Å². The summed E-state index contributed by atoms with van der Waals surface area (Å²) in [5.41, 5.74) is 18.5. The molecular formula is C14H16N5+. The molecular weight excluding hydrogens is 238 g/mol. The van der Waals surface area contributed by atoms with Crippen molar-refractivity contribution in [1.29, 1.82) is 0 Å². The molecule has 0 aliphatic rings. The Kier molecular flexibility index (Phi) is 3.78. The van der Waals surface area contributed by atoms with Crippen LogP contribution in [-0.2, 0) is 0 Å². The monoisotopic (exact) mass is 254 g/mol. The Morgan fingerprint density at radius 3 is 1.53 bits per heavy atom. The molecule has 0 atom stereocenters. The average Bonchev–Trinajstić information content (AvgIpc) is 2.40. The van der Waals surface area contributed by atoms with Crippen molar-refractivity contribution >= 4 is 23.3 Å². The molecule has 0 radical (unpaired) electrons. The molecule has 0 heterocycles. The highest BCUT2D eigenvalue weighted by Gasteiger charge is 2.13. The van der Waals surface area contributed by atoms with Crippen molar-refractivity contribution in [3.05, 3.63) is 60.7 Å². The molecule has 2 rings (SSSR count). The van der Waals surface area contributed by atoms with E-state index in [9.17, 15) is 0 Å². The number of benzene rings is 2. The summed E-state index contributed by atoms with van der Waals surface area (Å²) in [4.78, 5) is 3.92. The third-order valence-electron chi connectivity index (χ3n) is 2.50. The minimum absolute atomic E-state index is 0.0747. The van der Waals surface area contributed by atoms with Gasteiger partial charge in [-0.2, -0.15) is 4.58 Å². The van der Waals surface area contributed by atoms with Crippen LogP contribution in [0.4, 0.5) is 11.4 Å². The molecule has 0 aliphatic heterocycles. The first kappa shape index (κ1) is 12.6. The molecule has 96 valence electrons. The van der Waals surface area contributed by atoms with Gasteiger partial charge in [0.05, 0.1) is 0 Å². The number of hydrogen-bond donors (Lipinski definition) is 3. The highest BCUT2D eigenvalue weighted by Crippen LogP contribution is 2.19. The first-order chi connectivity index (χ1) is 9.18. The van der Waals surface area contributed by atoms with Crippen molar-refractivity contribution in [2.75, 3.05) is 0 Å². The van der Waals surface area contributed by atoms with Crippen molar-refractivity contribution < 1.29 is 0 Å². The van der Waals surface area contributed by atoms with E-state index in [4.69, 9.17) is 17.2 Å². The minimum atomic E-state index is -0.0747. The van der Waals surface area contributed by atoms with Crippen molar-refractivity contribution in [2.45, 2.75) is 0 Å². The number of nitrogens with two attached hydrogens (primary N) is 3. The molecule has 2 aromatic rings. The summed E-state index contributed by atoms with van der Waals surface area (Å²) in [6.07, 6.45) is 0. The summed E-state index contributed by atoms with van der Waals surface area (Å²) in [7, 11) is 0. The second-order valence-electron chi connectivity index (χ2n) is 3.90. The maximum atomic E-state index is 5.98. The quantitative estimate of drug-likeness (QED) is 0.426. The predicted molar refractivity (Wildman–Crippen MR) is 79.3 cm³/mol. The van der Waals surface area contributed by atoms with Crippen LogP contribution in [0.2, 0.25) is 0 Å². The highest BCUT2D eigenvalue weighted by atomic mass is 15.2. The van der Waals surface area contributed by atoms with Crippen molar-refractivity contribution in [3.63, 3.8) is 0 Å². The Morgan fingerprint density at radius 2 is 1.16 bits per heavy atom. The van der Waals surface area contributed by atoms with Crippen LogP contribution < -0.4 is 21.8 Å². The lowest BCUT2D eigenvalue weighted by Crippen LogP contribution is -2.31. The van der Waals surface area contributed by atoms with E-state index in [2.05, 4.69) is 4.99 Å². The summed E-state index contributed by atoms with van der Waals surface area (Å²) in [6, 6.07) is 19.3. The molecule has 0 unspecified atom stereocenters. The van der Waals surface area contributed by atoms with Crippen LogP contribution in [-0.4, -0.2) is 11.9 Å². The van der Waals surface area contributed by atoms with Crippen LogP contribution in [0, 0.1) is 0 Å². The van der Waals surface area contributed by atoms with Gasteiger partial charge in [0.25, 0.3) is 5.96 Å². The average molecular weight is 254 g/mol. The molecule has 0 saturated heterocycles. The molecule has 0 amide bonds. The lowest BCUT2D eigenvalue weighted by Gasteiger charge is -2.08. The molecule has 0 aliphatic carbocycles. The smallest absolute Gasteiger partial charge is 0.356 e. The van der Waals surface area contributed by atoms with E-state index >= 15 is 0 Å². The van der Waals surface area contributed by atoms with Crippen LogP contribution >= 0.6 is 0 Å². The second-order valence-corrected chi connectivity index (χ2v) is 3.90. The maximum Gasteiger partial charge on any atom is 0.398 e. The van der Waals surface area contributed by atoms with E-state index in [1.807, 2.05) is 60.7 Å². The number of hydrogen-bond acceptors (Lipinski definition) is 0. The zero-order valence-electron chi connectivity index (χ0n) is 10.4. The van der Waals surface area contributed by atoms with Crippen LogP contribution in [0.15, 0.2) is 65.7 Å². The maximum absolute atomic E-state index is 5.98. The summed E-state index contributed by atoms with van der Waals surface area (Å²) in [6.45, 7) is 0. The number of aliphatic imine (C=N–C) groups is 1. The van der Waals surface area contributed by atoms with Crippen LogP contribution in [0.25, 0.3) is 0 Å². The molecule has 19 heavy (non-hydrogen) atoms. The van der Waals surface area contributed by atoms with Crippen LogP contribution in [0.1, 0.15) is 0 Å². The largest absolute Gasteiger partial charge is 0.398 e. The van der Waals surface area contributed by atoms with Crippen LogP contribution in [0.3, 0.4) is 0 Å². The first-order valence-corrected chi connectivity index (χ1v) is 5.81. The van der Waals surface area contributed by atoms with E-state index < -0.39 is 0 Å². The normalized spacial score (nSPS) is 9.68. The molecule has 0 fully saturated rings. The van der Waals surface area contributed by atoms with E-state index in [1.165, 1.54) is 0 Å². The zero-order valence-corrected chi connectivity index (χ0v) is 10.4. The Balaban J connectivity index is 2.62. The molecule has 0 aromatic heterocycles. The zero-order chi connectivity index (χ0) is 13.7. The molecule has 6 N–H and O–H groups in total. The lowest BCUT2D eigenvalue weighted by atomic mass is 10.2. The van der Waals surface area contributed by atoms with E-state index in [-0.39, 0.29) is 11.9 Å². The van der Waals surface area contributed by atoms with E-state index in [0.29, 0.717) is 0 Å². The van der Waals surface area contributed by atoms with E-state index in [0.717, 1.165) is 11.4 Å². The Hall–Kier alpha value is -2.82. The van der Waals surface area contributed by atoms with Crippen LogP contribution in [0.5, 0.6) is 0 Å². The number of rotatable bonds is 2. The summed E-state index contributed by atoms with van der Waals surface area (Å²) < 4.78 is 1.78. The summed E-state index contributed by atoms with van der Waals surface area (Å²) in [5.74, 6) is 0.145. The van der Waals surface area contributed by atoms with Crippen molar-refractivity contribution in [3.8, 4) is 0 Å². The van der Waals surface area contributed by atoms with Crippen molar-refractivity contribution in [1.82, 2.24) is 4.58 Å². The molecule has 2 aromatic carbocycles. The molecule has 5 nitrogen and oxygen atoms in total. The number of nitrogens with zero attached hydrogens (tertiary/aromatic N) is 2. The topological polar surface area (TPSA) is 93.4 Å². The SMILES string of the molecule is NC(N)=NC(N)=[N+](c1ccccc1)c1ccccc1. The molecule has 0 spiro atoms. The van der Waals surface area contributed by atoms with Crippen molar-refractivity contribution in [2.24, 2.45) is 22.2 Å². The van der Waals surface area contributed by atoms with Gasteiger partial charge in [-0.3, -0.25) is 5.73 Å². The number of guanidine groups is 2. The Bertz CT molecular complexity index is 557. The fourth-order valence-electron chi connectivity index (χ4n) is 1.75. The van der Waals surface area contributed by atoms with Gasteiger partial charge in [-0.1, -0.05) is 36.4 Å². The Labute approximate surface area is 111 Å². The number of para-hydroxylation sites is 2. The fourth-order valence-corrected chi connectivity index (χ4v) is 1.75. The third-order valence-corrected chi connectivity index (χ3v) is 2.50.